The summed E-state index contributed by atoms with van der Waals surface area (Å²) in [5.74, 6) is 8.56. The molecule has 2 aliphatic heterocycles. The number of H-pyrrole nitrogens is 1. The summed E-state index contributed by atoms with van der Waals surface area (Å²) in [5.41, 5.74) is 3.53. The number of fused-ring (bicyclic) bond motifs is 3. The third-order valence-electron chi connectivity index (χ3n) is 7.02. The third kappa shape index (κ3) is 6.11. The van der Waals surface area contributed by atoms with Crippen LogP contribution < -0.4 is 0 Å². The molecule has 3 heterocycles. The highest BCUT2D eigenvalue weighted by molar-refractivity contribution is 6.08. The number of ether oxygens (including phenoxy) is 2. The van der Waals surface area contributed by atoms with Crippen LogP contribution in [0.3, 0.4) is 0 Å². The highest BCUT2D eigenvalue weighted by Crippen LogP contribution is 2.27. The van der Waals surface area contributed by atoms with Crippen LogP contribution in [0.5, 0.6) is 0 Å². The Morgan fingerprint density at radius 3 is 2.08 bits per heavy atom. The zero-order valence-electron chi connectivity index (χ0n) is 21.3. The van der Waals surface area contributed by atoms with Crippen LogP contribution in [0, 0.1) is 24.2 Å². The van der Waals surface area contributed by atoms with Crippen LogP contribution in [0.25, 0.3) is 21.8 Å². The largest absolute Gasteiger partial charge is 0.394 e. The lowest BCUT2D eigenvalue weighted by Gasteiger charge is -2.38. The van der Waals surface area contributed by atoms with Crippen molar-refractivity contribution in [2.24, 2.45) is 0 Å². The maximum atomic E-state index is 10.2. The molecule has 0 saturated carbocycles. The van der Waals surface area contributed by atoms with Gasteiger partial charge in [0.15, 0.2) is 0 Å². The summed E-state index contributed by atoms with van der Waals surface area (Å²) in [6, 6.07) is 11.6. The molecule has 1 aromatic heterocycles. The number of aliphatic hydroxyl groups excluding tert-OH is 7. The zero-order valence-corrected chi connectivity index (χ0v) is 21.3. The molecule has 2 aliphatic rings. The van der Waals surface area contributed by atoms with E-state index in [4.69, 9.17) is 36.3 Å². The summed E-state index contributed by atoms with van der Waals surface area (Å²) < 4.78 is 10.5. The minimum absolute atomic E-state index is 0.0521. The van der Waals surface area contributed by atoms with Gasteiger partial charge in [0.1, 0.15) is 48.8 Å². The van der Waals surface area contributed by atoms with Gasteiger partial charge >= 0.3 is 0 Å². The van der Waals surface area contributed by atoms with E-state index in [1.54, 1.807) is 0 Å². The average molecular weight is 540 g/mol. The molecular weight excluding hydrogens is 506 g/mol. The fourth-order valence-corrected chi connectivity index (χ4v) is 4.65. The zero-order chi connectivity index (χ0) is 28.3. The van der Waals surface area contributed by atoms with E-state index in [-0.39, 0.29) is 13.2 Å². The number of rotatable bonds is 2. The smallest absolute Gasteiger partial charge is 0.147 e. The summed E-state index contributed by atoms with van der Waals surface area (Å²) in [5, 5.41) is 67.9. The highest BCUT2D eigenvalue weighted by Gasteiger charge is 2.42. The third-order valence-corrected chi connectivity index (χ3v) is 7.02. The molecule has 3 aromatic rings. The van der Waals surface area contributed by atoms with Gasteiger partial charge < -0.3 is 50.2 Å². The summed E-state index contributed by atoms with van der Waals surface area (Å²) in [7, 11) is 0. The number of nitrogens with one attached hydrogen (secondary N) is 1. The molecule has 0 aliphatic carbocycles. The van der Waals surface area contributed by atoms with Crippen LogP contribution in [0.1, 0.15) is 24.5 Å². The Hall–Kier alpha value is -3.00. The predicted octanol–water partition coefficient (Wildman–Crippen LogP) is -0.626. The van der Waals surface area contributed by atoms with Gasteiger partial charge in [-0.1, -0.05) is 24.7 Å². The topological polar surface area (TPSA) is 176 Å². The van der Waals surface area contributed by atoms with Gasteiger partial charge in [0.05, 0.1) is 19.3 Å². The van der Waals surface area contributed by atoms with Crippen LogP contribution in [0.2, 0.25) is 0 Å². The van der Waals surface area contributed by atoms with Crippen LogP contribution in [-0.2, 0) is 9.47 Å². The molecule has 5 rings (SSSR count). The van der Waals surface area contributed by atoms with Crippen molar-refractivity contribution in [3.63, 3.8) is 0 Å². The number of terminal acetylenes is 1. The number of benzene rings is 2. The Bertz CT molecular complexity index is 1380. The Labute approximate surface area is 225 Å². The Morgan fingerprint density at radius 2 is 1.46 bits per heavy atom. The Kier molecular flexibility index (Phi) is 9.26. The summed E-state index contributed by atoms with van der Waals surface area (Å²) in [6.07, 6.45) is -3.33. The van der Waals surface area contributed by atoms with Crippen molar-refractivity contribution >= 4 is 21.8 Å². The molecular formula is C29H33NO9. The van der Waals surface area contributed by atoms with E-state index in [1.807, 2.05) is 43.3 Å². The molecule has 0 spiro atoms. The van der Waals surface area contributed by atoms with Gasteiger partial charge in [-0.2, -0.15) is 0 Å². The second kappa shape index (κ2) is 12.5. The van der Waals surface area contributed by atoms with Crippen molar-refractivity contribution in [2.45, 2.75) is 68.3 Å². The van der Waals surface area contributed by atoms with Crippen LogP contribution in [0.4, 0.5) is 0 Å². The minimum atomic E-state index is -1.28. The fraction of sp³-hybridized carbons (Fsp3) is 0.448. The molecule has 208 valence electrons. The lowest BCUT2D eigenvalue weighted by atomic mass is 9.94. The molecule has 39 heavy (non-hydrogen) atoms. The van der Waals surface area contributed by atoms with Crippen molar-refractivity contribution in [3.8, 4) is 24.2 Å². The molecule has 2 aromatic carbocycles. The number of aromatic amines is 1. The minimum Gasteiger partial charge on any atom is -0.394 e. The predicted molar refractivity (Wildman–Crippen MR) is 142 cm³/mol. The lowest BCUT2D eigenvalue weighted by molar-refractivity contribution is -0.206. The van der Waals surface area contributed by atoms with Crippen molar-refractivity contribution < 1.29 is 45.2 Å². The number of aliphatic hydroxyl groups is 7. The Morgan fingerprint density at radius 1 is 0.846 bits per heavy atom. The van der Waals surface area contributed by atoms with Crippen molar-refractivity contribution in [3.05, 3.63) is 47.5 Å². The SMILES string of the molecule is C#Cc1ccc2[nH]c3ccc(C#CC4OC(CC)[C@@H](O)C(O)C4O)cc3c2c1.OCC1OCC(O)C(O)[C@@H]1O. The normalized spacial score (nSPS) is 32.5. The van der Waals surface area contributed by atoms with Crippen LogP contribution >= 0.6 is 0 Å². The van der Waals surface area contributed by atoms with Gasteiger partial charge in [-0.25, -0.2) is 0 Å². The molecule has 7 unspecified atom stereocenters. The van der Waals surface area contributed by atoms with Gasteiger partial charge in [-0.15, -0.1) is 6.42 Å². The maximum Gasteiger partial charge on any atom is 0.147 e. The Balaban J connectivity index is 0.000000270. The molecule has 10 nitrogen and oxygen atoms in total. The molecule has 2 fully saturated rings. The van der Waals surface area contributed by atoms with E-state index in [1.165, 1.54) is 0 Å². The summed E-state index contributed by atoms with van der Waals surface area (Å²) in [4.78, 5) is 3.35. The summed E-state index contributed by atoms with van der Waals surface area (Å²) >= 11 is 0. The standard InChI is InChI=1S/C23H21NO4.C6H12O5/c1-3-13-5-8-17-15(11-13)16-12-14(6-9-18(16)24-17)7-10-20-22(26)23(27)21(25)19(4-2)28-20;7-1-4-6(10)5(9)3(8)2-11-4/h1,5-6,8-9,11-12,19-27H,4H2,2H3;3-10H,1-2H2/t19?,20?,21-,22?,23?;3?,4?,5?,6-/m11/s1. The maximum absolute atomic E-state index is 10.2. The number of aromatic nitrogens is 1. The molecule has 10 heteroatoms. The van der Waals surface area contributed by atoms with Crippen molar-refractivity contribution in [1.82, 2.24) is 4.98 Å². The first-order chi connectivity index (χ1) is 18.7. The molecule has 8 N–H and O–H groups in total. The lowest BCUT2D eigenvalue weighted by Crippen LogP contribution is -2.56. The van der Waals surface area contributed by atoms with Gasteiger partial charge in [0.25, 0.3) is 0 Å². The van der Waals surface area contributed by atoms with E-state index >= 15 is 0 Å². The van der Waals surface area contributed by atoms with E-state index < -0.39 is 54.9 Å². The summed E-state index contributed by atoms with van der Waals surface area (Å²) in [6.45, 7) is 1.44. The van der Waals surface area contributed by atoms with Gasteiger partial charge in [-0.3, -0.25) is 0 Å². The second-order valence-electron chi connectivity index (χ2n) is 9.64. The van der Waals surface area contributed by atoms with Crippen LogP contribution in [-0.4, -0.2) is 109 Å². The number of hydrogen-bond donors (Lipinski definition) is 8. The first kappa shape index (κ1) is 29.0. The van der Waals surface area contributed by atoms with Crippen LogP contribution in [0.15, 0.2) is 36.4 Å². The molecule has 9 atom stereocenters. The molecule has 2 saturated heterocycles. The molecule has 0 bridgehead atoms. The van der Waals surface area contributed by atoms with E-state index in [0.717, 1.165) is 32.9 Å². The average Bonchev–Trinajstić information content (AvgIpc) is 3.32. The highest BCUT2D eigenvalue weighted by atomic mass is 16.5. The van der Waals surface area contributed by atoms with E-state index in [9.17, 15) is 15.3 Å². The van der Waals surface area contributed by atoms with Gasteiger partial charge in [-0.05, 0) is 42.8 Å². The quantitative estimate of drug-likeness (QED) is 0.197. The first-order valence-electron chi connectivity index (χ1n) is 12.7. The van der Waals surface area contributed by atoms with E-state index in [0.29, 0.717) is 6.42 Å². The van der Waals surface area contributed by atoms with Gasteiger partial charge in [0.2, 0.25) is 0 Å². The molecule has 0 amide bonds. The fourth-order valence-electron chi connectivity index (χ4n) is 4.65. The van der Waals surface area contributed by atoms with Crippen molar-refractivity contribution in [1.29, 1.82) is 0 Å². The monoisotopic (exact) mass is 539 g/mol. The number of hydrogen-bond acceptors (Lipinski definition) is 9. The first-order valence-corrected chi connectivity index (χ1v) is 12.7. The van der Waals surface area contributed by atoms with E-state index in [2.05, 4.69) is 22.7 Å². The van der Waals surface area contributed by atoms with Crippen molar-refractivity contribution in [2.75, 3.05) is 13.2 Å². The second-order valence-corrected chi connectivity index (χ2v) is 9.64. The van der Waals surface area contributed by atoms with Gasteiger partial charge in [0, 0.05) is 32.9 Å². The molecule has 0 radical (unpaired) electrons.